The van der Waals surface area contributed by atoms with Crippen LogP contribution in [0.4, 0.5) is 0 Å². The molecule has 0 radical (unpaired) electrons. The highest BCUT2D eigenvalue weighted by molar-refractivity contribution is 7.10. The molecule has 2 N–H and O–H groups in total. The molecular weight excluding hydrogens is 160 g/mol. The van der Waals surface area contributed by atoms with Crippen molar-refractivity contribution in [3.63, 3.8) is 0 Å². The van der Waals surface area contributed by atoms with Crippen molar-refractivity contribution in [2.45, 2.75) is 6.10 Å². The van der Waals surface area contributed by atoms with Crippen LogP contribution < -0.4 is 0 Å². The molecule has 0 aliphatic carbocycles. The monoisotopic (exact) mass is 168 g/mol. The average molecular weight is 168 g/mol. The van der Waals surface area contributed by atoms with Crippen LogP contribution in [-0.2, 0) is 0 Å². The van der Waals surface area contributed by atoms with Gasteiger partial charge in [0.25, 0.3) is 0 Å². The quantitative estimate of drug-likeness (QED) is 0.598. The highest BCUT2D eigenvalue weighted by atomic mass is 32.1. The number of thiophene rings is 1. The maximum Gasteiger partial charge on any atom is 0.138 e. The van der Waals surface area contributed by atoms with Gasteiger partial charge in [0.15, 0.2) is 0 Å². The predicted octanol–water partition coefficient (Wildman–Crippen LogP) is 0.453. The van der Waals surface area contributed by atoms with Crippen LogP contribution in [0.2, 0.25) is 0 Å². The number of rotatable bonds is 1. The first-order valence-electron chi connectivity index (χ1n) is 3.17. The van der Waals surface area contributed by atoms with Crippen LogP contribution in [0.3, 0.4) is 0 Å². The van der Waals surface area contributed by atoms with Crippen LogP contribution in [0.25, 0.3) is 0 Å². The Morgan fingerprint density at radius 2 is 2.45 bits per heavy atom. The summed E-state index contributed by atoms with van der Waals surface area (Å²) in [6.07, 6.45) is -0.919. The third kappa shape index (κ3) is 2.72. The van der Waals surface area contributed by atoms with Crippen molar-refractivity contribution < 1.29 is 10.2 Å². The van der Waals surface area contributed by atoms with Crippen molar-refractivity contribution in [1.29, 1.82) is 0 Å². The van der Waals surface area contributed by atoms with Gasteiger partial charge in [-0.15, -0.1) is 11.3 Å². The molecule has 0 fully saturated rings. The Labute approximate surface area is 69.1 Å². The summed E-state index contributed by atoms with van der Waals surface area (Å²) in [6.45, 7) is -0.307. The van der Waals surface area contributed by atoms with Gasteiger partial charge in [-0.1, -0.05) is 17.9 Å². The number of hydrogen-bond donors (Lipinski definition) is 2. The van der Waals surface area contributed by atoms with Gasteiger partial charge in [-0.3, -0.25) is 0 Å². The van der Waals surface area contributed by atoms with E-state index >= 15 is 0 Å². The Morgan fingerprint density at radius 1 is 1.64 bits per heavy atom. The Bertz CT molecular complexity index is 255. The molecule has 0 aliphatic rings. The van der Waals surface area contributed by atoms with Gasteiger partial charge in [-0.25, -0.2) is 0 Å². The number of hydrogen-bond acceptors (Lipinski definition) is 3. The number of aliphatic hydroxyl groups is 2. The molecular formula is C8H8O2S. The van der Waals surface area contributed by atoms with E-state index in [0.717, 1.165) is 4.88 Å². The van der Waals surface area contributed by atoms with Gasteiger partial charge < -0.3 is 10.2 Å². The molecule has 58 valence electrons. The minimum absolute atomic E-state index is 0.307. The van der Waals surface area contributed by atoms with Crippen molar-refractivity contribution in [3.8, 4) is 11.8 Å². The second-order valence-electron chi connectivity index (χ2n) is 1.95. The van der Waals surface area contributed by atoms with Crippen LogP contribution in [0.15, 0.2) is 17.5 Å². The van der Waals surface area contributed by atoms with Crippen molar-refractivity contribution in [3.05, 3.63) is 22.4 Å². The molecule has 1 unspecified atom stereocenters. The van der Waals surface area contributed by atoms with E-state index in [1.54, 1.807) is 0 Å². The van der Waals surface area contributed by atoms with E-state index in [4.69, 9.17) is 10.2 Å². The first-order valence-corrected chi connectivity index (χ1v) is 4.05. The summed E-state index contributed by atoms with van der Waals surface area (Å²) in [5, 5.41) is 19.2. The summed E-state index contributed by atoms with van der Waals surface area (Å²) < 4.78 is 0. The average Bonchev–Trinajstić information content (AvgIpc) is 2.52. The maximum atomic E-state index is 8.84. The summed E-state index contributed by atoms with van der Waals surface area (Å²) in [7, 11) is 0. The molecule has 1 rings (SSSR count). The summed E-state index contributed by atoms with van der Waals surface area (Å²) in [5.41, 5.74) is 0. The van der Waals surface area contributed by atoms with Gasteiger partial charge in [0.2, 0.25) is 0 Å². The van der Waals surface area contributed by atoms with E-state index < -0.39 is 6.10 Å². The topological polar surface area (TPSA) is 40.5 Å². The van der Waals surface area contributed by atoms with Gasteiger partial charge >= 0.3 is 0 Å². The van der Waals surface area contributed by atoms with Gasteiger partial charge in [-0.05, 0) is 11.4 Å². The predicted molar refractivity (Wildman–Crippen MR) is 44.3 cm³/mol. The molecule has 11 heavy (non-hydrogen) atoms. The summed E-state index contributed by atoms with van der Waals surface area (Å²) in [5.74, 6) is 5.23. The summed E-state index contributed by atoms with van der Waals surface area (Å²) >= 11 is 1.51. The lowest BCUT2D eigenvalue weighted by molar-refractivity contribution is 0.138. The molecule has 0 saturated carbocycles. The van der Waals surface area contributed by atoms with Crippen LogP contribution in [0.1, 0.15) is 4.88 Å². The molecule has 2 nitrogen and oxygen atoms in total. The van der Waals surface area contributed by atoms with Crippen LogP contribution in [0, 0.1) is 11.8 Å². The molecule has 0 aromatic carbocycles. The lowest BCUT2D eigenvalue weighted by atomic mass is 10.3. The second-order valence-corrected chi connectivity index (χ2v) is 2.89. The molecule has 0 bridgehead atoms. The zero-order chi connectivity index (χ0) is 8.10. The minimum Gasteiger partial charge on any atom is -0.393 e. The normalized spacial score (nSPS) is 11.8. The first kappa shape index (κ1) is 8.28. The van der Waals surface area contributed by atoms with E-state index in [-0.39, 0.29) is 6.61 Å². The lowest BCUT2D eigenvalue weighted by Crippen LogP contribution is -2.07. The minimum atomic E-state index is -0.919. The van der Waals surface area contributed by atoms with Gasteiger partial charge in [0, 0.05) is 0 Å². The van der Waals surface area contributed by atoms with Crippen LogP contribution >= 0.6 is 11.3 Å². The molecule has 0 aliphatic heterocycles. The van der Waals surface area contributed by atoms with Crippen molar-refractivity contribution >= 4 is 11.3 Å². The molecule has 0 amide bonds. The summed E-state index contributed by atoms with van der Waals surface area (Å²) in [6, 6.07) is 3.75. The highest BCUT2D eigenvalue weighted by Gasteiger charge is 1.92. The zero-order valence-corrected chi connectivity index (χ0v) is 6.64. The van der Waals surface area contributed by atoms with Crippen LogP contribution in [0.5, 0.6) is 0 Å². The zero-order valence-electron chi connectivity index (χ0n) is 5.82. The van der Waals surface area contributed by atoms with Crippen molar-refractivity contribution in [2.75, 3.05) is 6.61 Å². The molecule has 0 saturated heterocycles. The molecule has 3 heteroatoms. The maximum absolute atomic E-state index is 8.84. The number of aliphatic hydroxyl groups excluding tert-OH is 2. The Hall–Kier alpha value is -0.820. The fraction of sp³-hybridized carbons (Fsp3) is 0.250. The molecule has 1 heterocycles. The summed E-state index contributed by atoms with van der Waals surface area (Å²) in [4.78, 5) is 0.900. The van der Waals surface area contributed by atoms with E-state index in [1.807, 2.05) is 17.5 Å². The van der Waals surface area contributed by atoms with E-state index in [1.165, 1.54) is 11.3 Å². The Balaban J connectivity index is 2.58. The molecule has 0 spiro atoms. The second kappa shape index (κ2) is 4.14. The Morgan fingerprint density at radius 3 is 3.00 bits per heavy atom. The fourth-order valence-electron chi connectivity index (χ4n) is 0.550. The Kier molecular flexibility index (Phi) is 3.12. The molecule has 1 atom stereocenters. The first-order chi connectivity index (χ1) is 5.33. The van der Waals surface area contributed by atoms with E-state index in [0.29, 0.717) is 0 Å². The van der Waals surface area contributed by atoms with Crippen molar-refractivity contribution in [1.82, 2.24) is 0 Å². The standard InChI is InChI=1S/C8H8O2S/c9-6-7(10)3-4-8-2-1-5-11-8/h1-2,5,7,9-10H,6H2. The molecule has 1 aromatic heterocycles. The SMILES string of the molecule is OCC(O)C#Cc1cccs1. The van der Waals surface area contributed by atoms with Gasteiger partial charge in [0.05, 0.1) is 11.5 Å². The molecule has 1 aromatic rings. The van der Waals surface area contributed by atoms with Gasteiger partial charge in [-0.2, -0.15) is 0 Å². The smallest absolute Gasteiger partial charge is 0.138 e. The van der Waals surface area contributed by atoms with E-state index in [2.05, 4.69) is 11.8 Å². The third-order valence-corrected chi connectivity index (χ3v) is 1.84. The lowest BCUT2D eigenvalue weighted by Gasteiger charge is -1.92. The third-order valence-electron chi connectivity index (χ3n) is 1.06. The van der Waals surface area contributed by atoms with E-state index in [9.17, 15) is 0 Å². The van der Waals surface area contributed by atoms with Crippen molar-refractivity contribution in [2.24, 2.45) is 0 Å². The largest absolute Gasteiger partial charge is 0.393 e. The fourth-order valence-corrected chi connectivity index (χ4v) is 1.13. The van der Waals surface area contributed by atoms with Crippen LogP contribution in [-0.4, -0.2) is 22.9 Å². The van der Waals surface area contributed by atoms with Gasteiger partial charge in [0.1, 0.15) is 6.10 Å². The highest BCUT2D eigenvalue weighted by Crippen LogP contribution is 2.05.